The van der Waals surface area contributed by atoms with Gasteiger partial charge < -0.3 is 14.8 Å². The Kier molecular flexibility index (Phi) is 5.38. The number of carbonyl (C=O) groups is 1. The van der Waals surface area contributed by atoms with E-state index in [1.165, 1.54) is 25.3 Å². The Morgan fingerprint density at radius 3 is 2.73 bits per heavy atom. The summed E-state index contributed by atoms with van der Waals surface area (Å²) in [5, 5.41) is 2.63. The largest absolute Gasteiger partial charge is 0.493 e. The topological polar surface area (TPSA) is 47.6 Å². The third-order valence-electron chi connectivity index (χ3n) is 2.86. The van der Waals surface area contributed by atoms with Crippen LogP contribution in [0.2, 0.25) is 0 Å². The second-order valence-corrected chi connectivity index (χ2v) is 5.24. The maximum atomic E-state index is 13.1. The SMILES string of the molecule is CCOc1c(Br)cc(C(=O)Nc2cccc(F)c2)cc1OC. The molecular formula is C16H15BrFNO3. The van der Waals surface area contributed by atoms with Gasteiger partial charge in [-0.3, -0.25) is 4.79 Å². The van der Waals surface area contributed by atoms with Crippen molar-refractivity contribution in [2.45, 2.75) is 6.92 Å². The third-order valence-corrected chi connectivity index (χ3v) is 3.45. The number of ether oxygens (including phenoxy) is 2. The van der Waals surface area contributed by atoms with E-state index in [2.05, 4.69) is 21.2 Å². The van der Waals surface area contributed by atoms with Crippen LogP contribution in [0.15, 0.2) is 40.9 Å². The third kappa shape index (κ3) is 3.76. The molecule has 0 spiro atoms. The van der Waals surface area contributed by atoms with Gasteiger partial charge in [0.25, 0.3) is 5.91 Å². The number of rotatable bonds is 5. The number of amides is 1. The highest BCUT2D eigenvalue weighted by atomic mass is 79.9. The predicted molar refractivity (Wildman–Crippen MR) is 86.2 cm³/mol. The van der Waals surface area contributed by atoms with Crippen LogP contribution in [0.3, 0.4) is 0 Å². The zero-order chi connectivity index (χ0) is 16.1. The molecule has 2 rings (SSSR count). The molecule has 0 aliphatic heterocycles. The zero-order valence-electron chi connectivity index (χ0n) is 12.2. The molecule has 116 valence electrons. The molecule has 0 fully saturated rings. The maximum Gasteiger partial charge on any atom is 0.255 e. The number of nitrogens with one attached hydrogen (secondary N) is 1. The number of anilines is 1. The van der Waals surface area contributed by atoms with Crippen molar-refractivity contribution in [3.63, 3.8) is 0 Å². The van der Waals surface area contributed by atoms with Crippen molar-refractivity contribution in [2.75, 3.05) is 19.0 Å². The molecule has 1 amide bonds. The lowest BCUT2D eigenvalue weighted by Crippen LogP contribution is -2.12. The first kappa shape index (κ1) is 16.3. The number of benzene rings is 2. The van der Waals surface area contributed by atoms with Crippen molar-refractivity contribution in [1.29, 1.82) is 0 Å². The molecule has 0 atom stereocenters. The van der Waals surface area contributed by atoms with Crippen molar-refractivity contribution < 1.29 is 18.7 Å². The van der Waals surface area contributed by atoms with Gasteiger partial charge in [0.15, 0.2) is 11.5 Å². The van der Waals surface area contributed by atoms with Crippen LogP contribution in [-0.4, -0.2) is 19.6 Å². The molecule has 4 nitrogen and oxygen atoms in total. The summed E-state index contributed by atoms with van der Waals surface area (Å²) in [7, 11) is 1.50. The summed E-state index contributed by atoms with van der Waals surface area (Å²) >= 11 is 3.36. The molecule has 2 aromatic rings. The molecule has 0 aliphatic carbocycles. The van der Waals surface area contributed by atoms with Gasteiger partial charge in [0, 0.05) is 11.3 Å². The van der Waals surface area contributed by atoms with Crippen LogP contribution >= 0.6 is 15.9 Å². The predicted octanol–water partition coefficient (Wildman–Crippen LogP) is 4.25. The number of halogens is 2. The summed E-state index contributed by atoms with van der Waals surface area (Å²) < 4.78 is 24.5. The molecule has 22 heavy (non-hydrogen) atoms. The van der Waals surface area contributed by atoms with Crippen LogP contribution in [0.5, 0.6) is 11.5 Å². The molecule has 0 saturated heterocycles. The minimum atomic E-state index is -0.414. The molecule has 0 unspecified atom stereocenters. The molecule has 6 heteroatoms. The quantitative estimate of drug-likeness (QED) is 0.859. The van der Waals surface area contributed by atoms with Crippen molar-refractivity contribution in [3.8, 4) is 11.5 Å². The number of carbonyl (C=O) groups excluding carboxylic acids is 1. The second-order valence-electron chi connectivity index (χ2n) is 4.39. The van der Waals surface area contributed by atoms with E-state index in [9.17, 15) is 9.18 Å². The van der Waals surface area contributed by atoms with Gasteiger partial charge in [-0.15, -0.1) is 0 Å². The summed E-state index contributed by atoms with van der Waals surface area (Å²) in [5.74, 6) is 0.198. The molecular weight excluding hydrogens is 353 g/mol. The summed E-state index contributed by atoms with van der Waals surface area (Å²) in [4.78, 5) is 12.3. The number of hydrogen-bond donors (Lipinski definition) is 1. The summed E-state index contributed by atoms with van der Waals surface area (Å²) in [6.45, 7) is 2.33. The molecule has 0 bridgehead atoms. The number of hydrogen-bond acceptors (Lipinski definition) is 3. The van der Waals surface area contributed by atoms with Crippen LogP contribution in [0, 0.1) is 5.82 Å². The Balaban J connectivity index is 2.28. The highest BCUT2D eigenvalue weighted by Gasteiger charge is 2.15. The number of methoxy groups -OCH3 is 1. The fourth-order valence-corrected chi connectivity index (χ4v) is 2.46. The normalized spacial score (nSPS) is 10.2. The maximum absolute atomic E-state index is 13.1. The Labute approximate surface area is 136 Å². The molecule has 0 aromatic heterocycles. The van der Waals surface area contributed by atoms with Gasteiger partial charge in [0.05, 0.1) is 18.2 Å². The van der Waals surface area contributed by atoms with E-state index in [0.717, 1.165) is 0 Å². The second kappa shape index (κ2) is 7.26. The van der Waals surface area contributed by atoms with E-state index in [1.54, 1.807) is 18.2 Å². The lowest BCUT2D eigenvalue weighted by atomic mass is 10.1. The Bertz CT molecular complexity index is 691. The van der Waals surface area contributed by atoms with Crippen LogP contribution in [0.4, 0.5) is 10.1 Å². The van der Waals surface area contributed by atoms with Gasteiger partial charge in [-0.2, -0.15) is 0 Å². The van der Waals surface area contributed by atoms with Crippen molar-refractivity contribution in [3.05, 3.63) is 52.3 Å². The molecule has 2 aromatic carbocycles. The summed E-state index contributed by atoms with van der Waals surface area (Å²) in [5.41, 5.74) is 0.755. The van der Waals surface area contributed by atoms with E-state index >= 15 is 0 Å². The van der Waals surface area contributed by atoms with E-state index in [1.807, 2.05) is 6.92 Å². The summed E-state index contributed by atoms with van der Waals surface area (Å²) in [6, 6.07) is 8.90. The Morgan fingerprint density at radius 1 is 1.32 bits per heavy atom. The minimum absolute atomic E-state index is 0.368. The van der Waals surface area contributed by atoms with E-state index in [0.29, 0.717) is 33.8 Å². The van der Waals surface area contributed by atoms with Gasteiger partial charge >= 0.3 is 0 Å². The Hall–Kier alpha value is -2.08. The van der Waals surface area contributed by atoms with E-state index in [-0.39, 0.29) is 5.91 Å². The average molecular weight is 368 g/mol. The first-order chi connectivity index (χ1) is 10.5. The van der Waals surface area contributed by atoms with Crippen LogP contribution in [0.25, 0.3) is 0 Å². The first-order valence-corrected chi connectivity index (χ1v) is 7.41. The fourth-order valence-electron chi connectivity index (χ4n) is 1.90. The van der Waals surface area contributed by atoms with Gasteiger partial charge in [-0.1, -0.05) is 6.07 Å². The smallest absolute Gasteiger partial charge is 0.255 e. The average Bonchev–Trinajstić information content (AvgIpc) is 2.49. The van der Waals surface area contributed by atoms with Crippen LogP contribution in [0.1, 0.15) is 17.3 Å². The van der Waals surface area contributed by atoms with Crippen molar-refractivity contribution in [1.82, 2.24) is 0 Å². The molecule has 0 radical (unpaired) electrons. The molecule has 0 heterocycles. The van der Waals surface area contributed by atoms with Crippen LogP contribution in [-0.2, 0) is 0 Å². The molecule has 0 saturated carbocycles. The minimum Gasteiger partial charge on any atom is -0.493 e. The van der Waals surface area contributed by atoms with Crippen LogP contribution < -0.4 is 14.8 Å². The highest BCUT2D eigenvalue weighted by Crippen LogP contribution is 2.36. The van der Waals surface area contributed by atoms with Gasteiger partial charge in [0.1, 0.15) is 5.82 Å². The van der Waals surface area contributed by atoms with E-state index in [4.69, 9.17) is 9.47 Å². The standard InChI is InChI=1S/C16H15BrFNO3/c1-3-22-15-13(17)7-10(8-14(15)21-2)16(20)19-12-6-4-5-11(18)9-12/h4-9H,3H2,1-2H3,(H,19,20). The Morgan fingerprint density at radius 2 is 2.09 bits per heavy atom. The monoisotopic (exact) mass is 367 g/mol. The van der Waals surface area contributed by atoms with Gasteiger partial charge in [0.2, 0.25) is 0 Å². The lowest BCUT2D eigenvalue weighted by molar-refractivity contribution is 0.102. The van der Waals surface area contributed by atoms with Crippen molar-refractivity contribution >= 4 is 27.5 Å². The molecule has 0 aliphatic rings. The molecule has 1 N–H and O–H groups in total. The lowest BCUT2D eigenvalue weighted by Gasteiger charge is -2.13. The highest BCUT2D eigenvalue weighted by molar-refractivity contribution is 9.10. The zero-order valence-corrected chi connectivity index (χ0v) is 13.7. The fraction of sp³-hybridized carbons (Fsp3) is 0.188. The van der Waals surface area contributed by atoms with Gasteiger partial charge in [-0.05, 0) is 53.2 Å². The first-order valence-electron chi connectivity index (χ1n) is 6.62. The summed E-state index contributed by atoms with van der Waals surface area (Å²) in [6.07, 6.45) is 0. The van der Waals surface area contributed by atoms with E-state index < -0.39 is 5.82 Å². The van der Waals surface area contributed by atoms with Gasteiger partial charge in [-0.25, -0.2) is 4.39 Å². The van der Waals surface area contributed by atoms with Crippen molar-refractivity contribution in [2.24, 2.45) is 0 Å².